The van der Waals surface area contributed by atoms with Crippen LogP contribution in [0.4, 0.5) is 5.69 Å². The van der Waals surface area contributed by atoms with E-state index in [1.807, 2.05) is 30.3 Å². The molecular formula is C19H23N3O3. The Morgan fingerprint density at radius 3 is 2.52 bits per heavy atom. The first-order valence-electron chi connectivity index (χ1n) is 8.34. The van der Waals surface area contributed by atoms with Gasteiger partial charge in [0, 0.05) is 55.4 Å². The van der Waals surface area contributed by atoms with E-state index in [1.165, 1.54) is 0 Å². The van der Waals surface area contributed by atoms with E-state index >= 15 is 0 Å². The average Bonchev–Trinajstić information content (AvgIpc) is 3.10. The molecular weight excluding hydrogens is 318 g/mol. The maximum Gasteiger partial charge on any atom is 0.224 e. The van der Waals surface area contributed by atoms with Gasteiger partial charge in [0.15, 0.2) is 0 Å². The van der Waals surface area contributed by atoms with Crippen LogP contribution in [0.2, 0.25) is 0 Å². The fraction of sp³-hybridized carbons (Fsp3) is 0.368. The zero-order valence-corrected chi connectivity index (χ0v) is 14.6. The smallest absolute Gasteiger partial charge is 0.224 e. The molecule has 2 heterocycles. The summed E-state index contributed by atoms with van der Waals surface area (Å²) in [6.45, 7) is 1.66. The highest BCUT2D eigenvalue weighted by atomic mass is 16.5. The van der Waals surface area contributed by atoms with Gasteiger partial charge in [-0.25, -0.2) is 0 Å². The maximum atomic E-state index is 12.2. The minimum Gasteiger partial charge on any atom is -0.497 e. The number of ether oxygens (including phenoxy) is 2. The number of amides is 1. The fourth-order valence-electron chi connectivity index (χ4n) is 3.05. The highest BCUT2D eigenvalue weighted by Gasteiger charge is 2.24. The van der Waals surface area contributed by atoms with Crippen molar-refractivity contribution >= 4 is 11.6 Å². The molecule has 0 unspecified atom stereocenters. The van der Waals surface area contributed by atoms with Crippen molar-refractivity contribution in [1.82, 2.24) is 10.3 Å². The molecule has 1 fully saturated rings. The second-order valence-electron chi connectivity index (χ2n) is 6.10. The van der Waals surface area contributed by atoms with E-state index in [0.29, 0.717) is 6.42 Å². The summed E-state index contributed by atoms with van der Waals surface area (Å²) in [6, 6.07) is 9.71. The number of benzene rings is 1. The van der Waals surface area contributed by atoms with Crippen molar-refractivity contribution in [1.29, 1.82) is 0 Å². The van der Waals surface area contributed by atoms with Crippen LogP contribution in [0.5, 0.6) is 11.5 Å². The average molecular weight is 341 g/mol. The summed E-state index contributed by atoms with van der Waals surface area (Å²) < 4.78 is 10.7. The topological polar surface area (TPSA) is 63.7 Å². The van der Waals surface area contributed by atoms with Crippen LogP contribution in [0, 0.1) is 0 Å². The van der Waals surface area contributed by atoms with E-state index in [0.717, 1.165) is 42.3 Å². The predicted octanol–water partition coefficient (Wildman–Crippen LogP) is 2.04. The molecule has 6 heteroatoms. The Morgan fingerprint density at radius 1 is 1.20 bits per heavy atom. The molecule has 0 saturated carbocycles. The molecule has 2 aromatic rings. The number of pyridine rings is 1. The third-order valence-corrected chi connectivity index (χ3v) is 4.37. The lowest BCUT2D eigenvalue weighted by Crippen LogP contribution is -2.37. The largest absolute Gasteiger partial charge is 0.497 e. The standard InChI is InChI=1S/C19H23N3O3/c1-24-17-10-16(11-18(12-17)25-2)22-8-5-15(13-22)21-19(23)9-14-3-6-20-7-4-14/h3-4,6-7,10-12,15H,5,8-9,13H2,1-2H3,(H,21,23)/t15-/m1/s1. The number of methoxy groups -OCH3 is 2. The summed E-state index contributed by atoms with van der Waals surface area (Å²) in [7, 11) is 3.29. The second kappa shape index (κ2) is 7.88. The molecule has 0 aliphatic carbocycles. The van der Waals surface area contributed by atoms with Crippen LogP contribution in [0.3, 0.4) is 0 Å². The van der Waals surface area contributed by atoms with Gasteiger partial charge >= 0.3 is 0 Å². The molecule has 1 aromatic carbocycles. The Kier molecular flexibility index (Phi) is 5.38. The number of carbonyl (C=O) groups excluding carboxylic acids is 1. The van der Waals surface area contributed by atoms with Crippen LogP contribution in [0.15, 0.2) is 42.7 Å². The first-order valence-corrected chi connectivity index (χ1v) is 8.34. The Labute approximate surface area is 147 Å². The summed E-state index contributed by atoms with van der Waals surface area (Å²) in [4.78, 5) is 18.4. The van der Waals surface area contributed by atoms with E-state index in [1.54, 1.807) is 26.6 Å². The van der Waals surface area contributed by atoms with Gasteiger partial charge in [0.25, 0.3) is 0 Å². The normalized spacial score (nSPS) is 16.6. The Balaban J connectivity index is 1.59. The highest BCUT2D eigenvalue weighted by molar-refractivity contribution is 5.79. The van der Waals surface area contributed by atoms with Gasteiger partial charge in [0.1, 0.15) is 11.5 Å². The minimum atomic E-state index is 0.0428. The van der Waals surface area contributed by atoms with Gasteiger partial charge in [0.2, 0.25) is 5.91 Å². The monoisotopic (exact) mass is 341 g/mol. The van der Waals surface area contributed by atoms with E-state index in [4.69, 9.17) is 9.47 Å². The maximum absolute atomic E-state index is 12.2. The molecule has 0 bridgehead atoms. The second-order valence-corrected chi connectivity index (χ2v) is 6.10. The molecule has 1 atom stereocenters. The first kappa shape index (κ1) is 17.1. The van der Waals surface area contributed by atoms with Crippen LogP contribution >= 0.6 is 0 Å². The molecule has 132 valence electrons. The molecule has 25 heavy (non-hydrogen) atoms. The van der Waals surface area contributed by atoms with Gasteiger partial charge in [-0.15, -0.1) is 0 Å². The molecule has 6 nitrogen and oxygen atoms in total. The van der Waals surface area contributed by atoms with Crippen LogP contribution in [-0.2, 0) is 11.2 Å². The van der Waals surface area contributed by atoms with Gasteiger partial charge < -0.3 is 19.7 Å². The van der Waals surface area contributed by atoms with Crippen molar-refractivity contribution in [3.63, 3.8) is 0 Å². The van der Waals surface area contributed by atoms with Crippen molar-refractivity contribution in [3.8, 4) is 11.5 Å². The third kappa shape index (κ3) is 4.41. The lowest BCUT2D eigenvalue weighted by atomic mass is 10.2. The van der Waals surface area contributed by atoms with Crippen molar-refractivity contribution in [2.75, 3.05) is 32.2 Å². The number of nitrogens with zero attached hydrogens (tertiary/aromatic N) is 2. The molecule has 1 aliphatic rings. The SMILES string of the molecule is COc1cc(OC)cc(N2CC[C@@H](NC(=O)Cc3ccncc3)C2)c1. The minimum absolute atomic E-state index is 0.0428. The molecule has 0 spiro atoms. The Hall–Kier alpha value is -2.76. The fourth-order valence-corrected chi connectivity index (χ4v) is 3.05. The summed E-state index contributed by atoms with van der Waals surface area (Å²) in [5.74, 6) is 1.57. The van der Waals surface area contributed by atoms with Crippen molar-refractivity contribution in [2.24, 2.45) is 0 Å². The Bertz CT molecular complexity index is 699. The highest BCUT2D eigenvalue weighted by Crippen LogP contribution is 2.30. The van der Waals surface area contributed by atoms with E-state index in [9.17, 15) is 4.79 Å². The number of rotatable bonds is 6. The lowest BCUT2D eigenvalue weighted by molar-refractivity contribution is -0.121. The predicted molar refractivity (Wildman–Crippen MR) is 96.2 cm³/mol. The number of hydrogen-bond acceptors (Lipinski definition) is 5. The van der Waals surface area contributed by atoms with E-state index in [2.05, 4.69) is 15.2 Å². The Morgan fingerprint density at radius 2 is 1.88 bits per heavy atom. The lowest BCUT2D eigenvalue weighted by Gasteiger charge is -2.20. The summed E-state index contributed by atoms with van der Waals surface area (Å²) >= 11 is 0. The summed E-state index contributed by atoms with van der Waals surface area (Å²) in [5, 5.41) is 3.12. The molecule has 3 rings (SSSR count). The van der Waals surface area contributed by atoms with Crippen LogP contribution in [0.25, 0.3) is 0 Å². The number of carbonyl (C=O) groups is 1. The molecule has 0 radical (unpaired) electrons. The zero-order chi connectivity index (χ0) is 17.6. The van der Waals surface area contributed by atoms with Gasteiger partial charge in [-0.3, -0.25) is 9.78 Å². The molecule has 1 N–H and O–H groups in total. The van der Waals surface area contributed by atoms with Crippen LogP contribution in [-0.4, -0.2) is 44.2 Å². The van der Waals surface area contributed by atoms with Crippen LogP contribution in [0.1, 0.15) is 12.0 Å². The van der Waals surface area contributed by atoms with Crippen LogP contribution < -0.4 is 19.7 Å². The van der Waals surface area contributed by atoms with E-state index < -0.39 is 0 Å². The van der Waals surface area contributed by atoms with Crippen molar-refractivity contribution in [3.05, 3.63) is 48.3 Å². The summed E-state index contributed by atoms with van der Waals surface area (Å²) in [6.07, 6.45) is 4.71. The van der Waals surface area contributed by atoms with Crippen molar-refractivity contribution < 1.29 is 14.3 Å². The summed E-state index contributed by atoms with van der Waals surface area (Å²) in [5.41, 5.74) is 2.02. The zero-order valence-electron chi connectivity index (χ0n) is 14.6. The van der Waals surface area contributed by atoms with E-state index in [-0.39, 0.29) is 11.9 Å². The molecule has 1 aromatic heterocycles. The molecule has 1 amide bonds. The number of nitrogens with one attached hydrogen (secondary N) is 1. The van der Waals surface area contributed by atoms with Gasteiger partial charge in [-0.05, 0) is 24.1 Å². The van der Waals surface area contributed by atoms with Gasteiger partial charge in [-0.1, -0.05) is 0 Å². The first-order chi connectivity index (χ1) is 12.2. The van der Waals surface area contributed by atoms with Gasteiger partial charge in [-0.2, -0.15) is 0 Å². The quantitative estimate of drug-likeness (QED) is 0.871. The third-order valence-electron chi connectivity index (χ3n) is 4.37. The van der Waals surface area contributed by atoms with Crippen molar-refractivity contribution in [2.45, 2.75) is 18.9 Å². The number of hydrogen-bond donors (Lipinski definition) is 1. The van der Waals surface area contributed by atoms with Gasteiger partial charge in [0.05, 0.1) is 20.6 Å². The molecule has 1 aliphatic heterocycles. The molecule has 1 saturated heterocycles. The number of anilines is 1. The number of aromatic nitrogens is 1.